The van der Waals surface area contributed by atoms with Gasteiger partial charge in [0.05, 0.1) is 12.2 Å². The van der Waals surface area contributed by atoms with Gasteiger partial charge in [-0.2, -0.15) is 17.9 Å². The van der Waals surface area contributed by atoms with Crippen LogP contribution in [0.15, 0.2) is 0 Å². The normalized spacial score (nSPS) is 29.4. The minimum absolute atomic E-state index is 0.0691. The smallest absolute Gasteiger partial charge is 0.277 e. The Morgan fingerprint density at radius 1 is 1.44 bits per heavy atom. The Labute approximate surface area is 109 Å². The van der Waals surface area contributed by atoms with Gasteiger partial charge in [-0.3, -0.25) is 0 Å². The molecule has 1 saturated carbocycles. The van der Waals surface area contributed by atoms with E-state index in [1.807, 2.05) is 0 Å². The van der Waals surface area contributed by atoms with Gasteiger partial charge >= 0.3 is 0 Å². The molecule has 3 N–H and O–H groups in total. The van der Waals surface area contributed by atoms with Crippen molar-refractivity contribution in [3.05, 3.63) is 0 Å². The van der Waals surface area contributed by atoms with Crippen LogP contribution in [0.5, 0.6) is 0 Å². The van der Waals surface area contributed by atoms with Crippen LogP contribution in [0.1, 0.15) is 32.6 Å². The summed E-state index contributed by atoms with van der Waals surface area (Å²) in [7, 11) is -2.04. The van der Waals surface area contributed by atoms with Crippen molar-refractivity contribution < 1.29 is 18.3 Å². The first kappa shape index (κ1) is 15.8. The second-order valence-electron chi connectivity index (χ2n) is 5.14. The number of nitrogens with one attached hydrogen (secondary N) is 2. The van der Waals surface area contributed by atoms with E-state index in [0.717, 1.165) is 12.8 Å². The first-order chi connectivity index (χ1) is 8.37. The Morgan fingerprint density at radius 2 is 2.17 bits per heavy atom. The number of rotatable bonds is 7. The molecule has 0 aromatic rings. The summed E-state index contributed by atoms with van der Waals surface area (Å²) in [6.45, 7) is 2.69. The van der Waals surface area contributed by atoms with Crippen molar-refractivity contribution in [3.63, 3.8) is 0 Å². The highest BCUT2D eigenvalue weighted by atomic mass is 32.2. The van der Waals surface area contributed by atoms with Crippen molar-refractivity contribution in [3.8, 4) is 0 Å². The topological polar surface area (TPSA) is 87.7 Å². The largest absolute Gasteiger partial charge is 0.389 e. The fraction of sp³-hybridized carbons (Fsp3) is 1.00. The SMILES string of the molecule is COCCNS(=O)(=O)NCC1(O)CCCC(C)C1. The van der Waals surface area contributed by atoms with Crippen LogP contribution in [0.2, 0.25) is 0 Å². The monoisotopic (exact) mass is 280 g/mol. The number of ether oxygens (including phenoxy) is 1. The zero-order valence-corrected chi connectivity index (χ0v) is 11.9. The molecule has 0 amide bonds. The van der Waals surface area contributed by atoms with E-state index < -0.39 is 15.8 Å². The van der Waals surface area contributed by atoms with Gasteiger partial charge in [0.15, 0.2) is 0 Å². The molecule has 0 saturated heterocycles. The molecule has 18 heavy (non-hydrogen) atoms. The van der Waals surface area contributed by atoms with E-state index in [2.05, 4.69) is 16.4 Å². The molecule has 108 valence electrons. The van der Waals surface area contributed by atoms with Crippen LogP contribution in [0, 0.1) is 5.92 Å². The van der Waals surface area contributed by atoms with Crippen molar-refractivity contribution in [2.24, 2.45) is 5.92 Å². The lowest BCUT2D eigenvalue weighted by Gasteiger charge is -2.35. The second-order valence-corrected chi connectivity index (χ2v) is 6.72. The Morgan fingerprint density at radius 3 is 2.78 bits per heavy atom. The summed E-state index contributed by atoms with van der Waals surface area (Å²) in [5, 5.41) is 10.3. The Kier molecular flexibility index (Phi) is 6.00. The summed E-state index contributed by atoms with van der Waals surface area (Å²) < 4.78 is 32.7. The molecule has 6 nitrogen and oxygen atoms in total. The molecule has 0 spiro atoms. The van der Waals surface area contributed by atoms with Gasteiger partial charge in [-0.15, -0.1) is 0 Å². The van der Waals surface area contributed by atoms with Crippen LogP contribution in [0.25, 0.3) is 0 Å². The molecule has 0 aromatic carbocycles. The van der Waals surface area contributed by atoms with Gasteiger partial charge in [0, 0.05) is 20.2 Å². The maximum atomic E-state index is 11.6. The summed E-state index contributed by atoms with van der Waals surface area (Å²) in [6, 6.07) is 0. The minimum Gasteiger partial charge on any atom is -0.389 e. The summed E-state index contributed by atoms with van der Waals surface area (Å²) in [4.78, 5) is 0. The van der Waals surface area contributed by atoms with Crippen molar-refractivity contribution >= 4 is 10.2 Å². The van der Waals surface area contributed by atoms with Crippen molar-refractivity contribution in [2.75, 3.05) is 26.8 Å². The maximum absolute atomic E-state index is 11.6. The molecular weight excluding hydrogens is 256 g/mol. The fourth-order valence-electron chi connectivity index (χ4n) is 2.35. The molecule has 2 unspecified atom stereocenters. The van der Waals surface area contributed by atoms with E-state index in [1.165, 1.54) is 7.11 Å². The van der Waals surface area contributed by atoms with Gasteiger partial charge in [0.1, 0.15) is 0 Å². The Balaban J connectivity index is 2.38. The highest BCUT2D eigenvalue weighted by molar-refractivity contribution is 7.87. The molecule has 7 heteroatoms. The second kappa shape index (κ2) is 6.81. The average Bonchev–Trinajstić information content (AvgIpc) is 2.27. The van der Waals surface area contributed by atoms with E-state index in [1.54, 1.807) is 0 Å². The maximum Gasteiger partial charge on any atom is 0.277 e. The Bertz CT molecular complexity index is 347. The van der Waals surface area contributed by atoms with Gasteiger partial charge in [0.25, 0.3) is 10.2 Å². The standard InChI is InChI=1S/C11H24N2O4S/c1-10-4-3-5-11(14,8-10)9-13-18(15,16)12-6-7-17-2/h10,12-14H,3-9H2,1-2H3. The molecule has 1 fully saturated rings. The molecule has 0 heterocycles. The zero-order valence-electron chi connectivity index (χ0n) is 11.1. The van der Waals surface area contributed by atoms with Crippen LogP contribution < -0.4 is 9.44 Å². The number of methoxy groups -OCH3 is 1. The van der Waals surface area contributed by atoms with E-state index in [0.29, 0.717) is 25.4 Å². The third-order valence-corrected chi connectivity index (χ3v) is 4.37. The van der Waals surface area contributed by atoms with Crippen molar-refractivity contribution in [1.82, 2.24) is 9.44 Å². The van der Waals surface area contributed by atoms with E-state index in [4.69, 9.17) is 4.74 Å². The summed E-state index contributed by atoms with van der Waals surface area (Å²) in [5.41, 5.74) is -0.909. The van der Waals surface area contributed by atoms with Crippen molar-refractivity contribution in [1.29, 1.82) is 0 Å². The first-order valence-electron chi connectivity index (χ1n) is 6.32. The minimum atomic E-state index is -3.55. The lowest BCUT2D eigenvalue weighted by Crippen LogP contribution is -2.49. The van der Waals surface area contributed by atoms with Crippen LogP contribution >= 0.6 is 0 Å². The number of hydrogen-bond donors (Lipinski definition) is 3. The van der Waals surface area contributed by atoms with Gasteiger partial charge in [0.2, 0.25) is 0 Å². The number of aliphatic hydroxyl groups is 1. The van der Waals surface area contributed by atoms with Gasteiger partial charge < -0.3 is 9.84 Å². The van der Waals surface area contributed by atoms with Crippen LogP contribution in [0.4, 0.5) is 0 Å². The highest BCUT2D eigenvalue weighted by Gasteiger charge is 2.33. The number of hydrogen-bond acceptors (Lipinski definition) is 4. The quantitative estimate of drug-likeness (QED) is 0.573. The van der Waals surface area contributed by atoms with Gasteiger partial charge in [-0.05, 0) is 18.8 Å². The van der Waals surface area contributed by atoms with Crippen LogP contribution in [0.3, 0.4) is 0 Å². The van der Waals surface area contributed by atoms with Gasteiger partial charge in [-0.25, -0.2) is 0 Å². The molecule has 0 aliphatic heterocycles. The molecule has 1 rings (SSSR count). The highest BCUT2D eigenvalue weighted by Crippen LogP contribution is 2.31. The lowest BCUT2D eigenvalue weighted by atomic mass is 9.79. The van der Waals surface area contributed by atoms with Gasteiger partial charge in [-0.1, -0.05) is 19.8 Å². The van der Waals surface area contributed by atoms with Crippen LogP contribution in [-0.2, 0) is 14.9 Å². The molecule has 0 radical (unpaired) electrons. The zero-order chi connectivity index (χ0) is 13.6. The van der Waals surface area contributed by atoms with Crippen LogP contribution in [-0.4, -0.2) is 45.9 Å². The molecule has 1 aliphatic carbocycles. The summed E-state index contributed by atoms with van der Waals surface area (Å²) >= 11 is 0. The summed E-state index contributed by atoms with van der Waals surface area (Å²) in [6.07, 6.45) is 3.34. The molecule has 0 aromatic heterocycles. The predicted molar refractivity (Wildman–Crippen MR) is 69.4 cm³/mol. The third-order valence-electron chi connectivity index (χ3n) is 3.26. The lowest BCUT2D eigenvalue weighted by molar-refractivity contribution is -0.00758. The van der Waals surface area contributed by atoms with E-state index in [-0.39, 0.29) is 13.1 Å². The fourth-order valence-corrected chi connectivity index (χ4v) is 3.26. The van der Waals surface area contributed by atoms with Crippen molar-refractivity contribution in [2.45, 2.75) is 38.2 Å². The average molecular weight is 280 g/mol. The third kappa shape index (κ3) is 5.62. The Hall–Kier alpha value is -0.210. The molecule has 0 bridgehead atoms. The molecular formula is C11H24N2O4S. The molecule has 2 atom stereocenters. The van der Waals surface area contributed by atoms with E-state index >= 15 is 0 Å². The predicted octanol–water partition coefficient (Wildman–Crippen LogP) is -0.00200. The van der Waals surface area contributed by atoms with E-state index in [9.17, 15) is 13.5 Å². The summed E-state index contributed by atoms with van der Waals surface area (Å²) in [5.74, 6) is 0.440. The molecule has 1 aliphatic rings. The first-order valence-corrected chi connectivity index (χ1v) is 7.81.